The van der Waals surface area contributed by atoms with Crippen LogP contribution >= 0.6 is 0 Å². The van der Waals surface area contributed by atoms with Gasteiger partial charge in [-0.3, -0.25) is 10.1 Å². The molecule has 0 spiro atoms. The molecule has 28 heavy (non-hydrogen) atoms. The minimum absolute atomic E-state index is 0.0535. The predicted molar refractivity (Wildman–Crippen MR) is 107 cm³/mol. The van der Waals surface area contributed by atoms with Crippen molar-refractivity contribution in [3.63, 3.8) is 0 Å². The fraction of sp³-hybridized carbons (Fsp3) is 0.263. The number of H-pyrrole nitrogens is 1. The molecule has 2 aromatic heterocycles. The molecule has 1 aliphatic heterocycles. The number of urea groups is 1. The van der Waals surface area contributed by atoms with E-state index in [2.05, 4.69) is 48.2 Å². The zero-order valence-corrected chi connectivity index (χ0v) is 15.8. The van der Waals surface area contributed by atoms with Gasteiger partial charge in [0.05, 0.1) is 12.4 Å². The van der Waals surface area contributed by atoms with Crippen LogP contribution in [0.3, 0.4) is 0 Å². The third-order valence-electron chi connectivity index (χ3n) is 4.59. The number of rotatable bonds is 4. The lowest BCUT2D eigenvalue weighted by atomic mass is 9.99. The van der Waals surface area contributed by atoms with Gasteiger partial charge in [-0.2, -0.15) is 5.10 Å². The number of hydrogen-bond donors (Lipinski definition) is 4. The molecule has 0 aliphatic carbocycles. The second kappa shape index (κ2) is 7.55. The Balaban J connectivity index is 1.49. The van der Waals surface area contributed by atoms with E-state index in [1.165, 1.54) is 5.56 Å². The average Bonchev–Trinajstić information content (AvgIpc) is 3.11. The smallest absolute Gasteiger partial charge is 0.317 e. The molecule has 4 rings (SSSR count). The monoisotopic (exact) mass is 378 g/mol. The van der Waals surface area contributed by atoms with Crippen LogP contribution in [0.4, 0.5) is 27.9 Å². The minimum atomic E-state index is -0.0535. The first-order chi connectivity index (χ1) is 13.6. The Labute approximate surface area is 162 Å². The van der Waals surface area contributed by atoms with Crippen LogP contribution in [0.5, 0.6) is 0 Å². The zero-order chi connectivity index (χ0) is 19.5. The Hall–Kier alpha value is -3.62. The van der Waals surface area contributed by atoms with E-state index in [0.29, 0.717) is 24.0 Å². The van der Waals surface area contributed by atoms with Gasteiger partial charge in [0.25, 0.3) is 0 Å². The molecule has 9 heteroatoms. The molecule has 0 bridgehead atoms. The zero-order valence-electron chi connectivity index (χ0n) is 15.8. The summed E-state index contributed by atoms with van der Waals surface area (Å²) in [5, 5.41) is 16.1. The Bertz CT molecular complexity index is 999. The summed E-state index contributed by atoms with van der Waals surface area (Å²) in [4.78, 5) is 22.5. The first kappa shape index (κ1) is 17.8. The number of benzene rings is 1. The molecule has 2 amide bonds. The molecule has 0 radical (unpaired) electrons. The van der Waals surface area contributed by atoms with Crippen LogP contribution in [0.15, 0.2) is 36.7 Å². The fourth-order valence-electron chi connectivity index (χ4n) is 3.21. The second-order valence-corrected chi connectivity index (χ2v) is 6.69. The molecule has 0 saturated heterocycles. The number of aryl methyl sites for hydroxylation is 1. The molecule has 9 nitrogen and oxygen atoms in total. The van der Waals surface area contributed by atoms with Crippen LogP contribution in [0.2, 0.25) is 0 Å². The maximum atomic E-state index is 11.9. The Morgan fingerprint density at radius 3 is 2.68 bits per heavy atom. The van der Waals surface area contributed by atoms with Crippen molar-refractivity contribution in [2.75, 3.05) is 24.2 Å². The number of carbonyl (C=O) groups is 1. The topological polar surface area (TPSA) is 111 Å². The van der Waals surface area contributed by atoms with Crippen LogP contribution < -0.4 is 16.0 Å². The van der Waals surface area contributed by atoms with Crippen molar-refractivity contribution in [2.45, 2.75) is 19.9 Å². The molecular formula is C19H22N8O. The molecule has 1 aromatic carbocycles. The number of fused-ring (bicyclic) bond motifs is 1. The van der Waals surface area contributed by atoms with E-state index in [-0.39, 0.29) is 6.03 Å². The van der Waals surface area contributed by atoms with Gasteiger partial charge in [-0.25, -0.2) is 9.78 Å². The van der Waals surface area contributed by atoms with E-state index in [9.17, 15) is 4.79 Å². The summed E-state index contributed by atoms with van der Waals surface area (Å²) in [7, 11) is 1.65. The van der Waals surface area contributed by atoms with Gasteiger partial charge >= 0.3 is 6.03 Å². The van der Waals surface area contributed by atoms with Gasteiger partial charge in [-0.15, -0.1) is 0 Å². The highest BCUT2D eigenvalue weighted by Crippen LogP contribution is 2.25. The van der Waals surface area contributed by atoms with E-state index in [0.717, 1.165) is 29.9 Å². The summed E-state index contributed by atoms with van der Waals surface area (Å²) >= 11 is 0. The Kier molecular flexibility index (Phi) is 4.79. The van der Waals surface area contributed by atoms with E-state index < -0.39 is 0 Å². The van der Waals surface area contributed by atoms with Gasteiger partial charge in [0.1, 0.15) is 0 Å². The molecular weight excluding hydrogens is 356 g/mol. The van der Waals surface area contributed by atoms with Gasteiger partial charge in [-0.1, -0.05) is 6.07 Å². The third-order valence-corrected chi connectivity index (χ3v) is 4.59. The molecule has 0 unspecified atom stereocenters. The van der Waals surface area contributed by atoms with Crippen molar-refractivity contribution in [3.8, 4) is 0 Å². The van der Waals surface area contributed by atoms with E-state index in [4.69, 9.17) is 0 Å². The van der Waals surface area contributed by atoms with Crippen LogP contribution in [0, 0.1) is 6.92 Å². The van der Waals surface area contributed by atoms with Crippen LogP contribution in [-0.4, -0.2) is 44.7 Å². The molecule has 0 saturated carbocycles. The fourth-order valence-corrected chi connectivity index (χ4v) is 3.21. The molecule has 1 aliphatic rings. The molecule has 3 aromatic rings. The molecule has 0 fully saturated rings. The van der Waals surface area contributed by atoms with Crippen LogP contribution in [0.1, 0.15) is 16.8 Å². The van der Waals surface area contributed by atoms with Gasteiger partial charge in [-0.05, 0) is 36.6 Å². The van der Waals surface area contributed by atoms with Crippen molar-refractivity contribution in [2.24, 2.45) is 0 Å². The number of nitrogens with zero attached hydrogens (tertiary/aromatic N) is 4. The summed E-state index contributed by atoms with van der Waals surface area (Å²) in [5.41, 5.74) is 4.26. The first-order valence-corrected chi connectivity index (χ1v) is 9.07. The number of nitrogens with one attached hydrogen (secondary N) is 4. The largest absolute Gasteiger partial charge is 0.341 e. The maximum absolute atomic E-state index is 11.9. The first-order valence-electron chi connectivity index (χ1n) is 9.07. The lowest BCUT2D eigenvalue weighted by Crippen LogP contribution is -2.41. The highest BCUT2D eigenvalue weighted by atomic mass is 16.2. The van der Waals surface area contributed by atoms with Crippen molar-refractivity contribution < 1.29 is 4.79 Å². The van der Waals surface area contributed by atoms with E-state index in [1.807, 2.05) is 24.0 Å². The van der Waals surface area contributed by atoms with Crippen molar-refractivity contribution in [3.05, 3.63) is 53.5 Å². The Morgan fingerprint density at radius 1 is 1.11 bits per heavy atom. The summed E-state index contributed by atoms with van der Waals surface area (Å²) < 4.78 is 0. The van der Waals surface area contributed by atoms with Gasteiger partial charge in [0.15, 0.2) is 17.5 Å². The summed E-state index contributed by atoms with van der Waals surface area (Å²) in [6.07, 6.45) is 4.16. The van der Waals surface area contributed by atoms with Crippen molar-refractivity contribution in [1.82, 2.24) is 30.4 Å². The summed E-state index contributed by atoms with van der Waals surface area (Å²) in [6, 6.07) is 8.02. The average molecular weight is 378 g/mol. The highest BCUT2D eigenvalue weighted by molar-refractivity contribution is 5.74. The highest BCUT2D eigenvalue weighted by Gasteiger charge is 2.20. The predicted octanol–water partition coefficient (Wildman–Crippen LogP) is 2.69. The maximum Gasteiger partial charge on any atom is 0.317 e. The van der Waals surface area contributed by atoms with Gasteiger partial charge < -0.3 is 20.9 Å². The van der Waals surface area contributed by atoms with E-state index in [1.54, 1.807) is 19.4 Å². The SMILES string of the molecule is CNC(=O)N1CCc2ccc(Nc3cncc(Nc4cc(C)[nH]n4)n3)cc2C1. The lowest BCUT2D eigenvalue weighted by Gasteiger charge is -2.28. The van der Waals surface area contributed by atoms with Crippen molar-refractivity contribution >= 4 is 29.2 Å². The van der Waals surface area contributed by atoms with Crippen molar-refractivity contribution in [1.29, 1.82) is 0 Å². The normalized spacial score (nSPS) is 13.0. The standard InChI is InChI=1S/C19H22N8O/c1-12-7-16(26-25-12)23-18-10-21-9-17(24-18)22-15-4-3-13-5-6-27(19(28)20-2)11-14(13)8-15/h3-4,7-10H,5-6,11H2,1-2H3,(H,20,28)(H3,22,23,24,25,26). The second-order valence-electron chi connectivity index (χ2n) is 6.69. The molecule has 0 atom stereocenters. The Morgan fingerprint density at radius 2 is 1.93 bits per heavy atom. The van der Waals surface area contributed by atoms with E-state index >= 15 is 0 Å². The number of carbonyl (C=O) groups excluding carboxylic acids is 1. The number of anilines is 4. The third kappa shape index (κ3) is 3.88. The van der Waals surface area contributed by atoms with Crippen LogP contribution in [-0.2, 0) is 13.0 Å². The quantitative estimate of drug-likeness (QED) is 0.555. The minimum Gasteiger partial charge on any atom is -0.341 e. The number of amides is 2. The van der Waals surface area contributed by atoms with Crippen LogP contribution in [0.25, 0.3) is 0 Å². The molecule has 4 N–H and O–H groups in total. The molecule has 3 heterocycles. The number of aromatic amines is 1. The van der Waals surface area contributed by atoms with Gasteiger partial charge in [0.2, 0.25) is 0 Å². The van der Waals surface area contributed by atoms with Gasteiger partial charge in [0, 0.05) is 37.6 Å². The number of aromatic nitrogens is 4. The number of hydrogen-bond acceptors (Lipinski definition) is 6. The summed E-state index contributed by atoms with van der Waals surface area (Å²) in [5.74, 6) is 1.91. The molecule has 144 valence electrons. The summed E-state index contributed by atoms with van der Waals surface area (Å²) in [6.45, 7) is 3.25. The lowest BCUT2D eigenvalue weighted by molar-refractivity contribution is 0.194.